The van der Waals surface area contributed by atoms with Gasteiger partial charge in [0.15, 0.2) is 0 Å². The van der Waals surface area contributed by atoms with Crippen molar-refractivity contribution in [2.75, 3.05) is 0 Å². The molecule has 0 saturated heterocycles. The molecule has 0 aliphatic heterocycles. The molecule has 3 heterocycles. The molecule has 6 aromatic carbocycles. The minimum absolute atomic E-state index is 0. The Balaban J connectivity index is 0.00000693. The summed E-state index contributed by atoms with van der Waals surface area (Å²) >= 11 is 0. The summed E-state index contributed by atoms with van der Waals surface area (Å²) < 4.78 is 13.7. The predicted octanol–water partition coefficient (Wildman–Crippen LogP) is 16.3. The zero-order chi connectivity index (χ0) is 51.1. The van der Waals surface area contributed by atoms with Crippen molar-refractivity contribution in [3.05, 3.63) is 209 Å². The van der Waals surface area contributed by atoms with E-state index in [1.807, 2.05) is 12.3 Å². The fourth-order valence-electron chi connectivity index (χ4n) is 9.68. The van der Waals surface area contributed by atoms with Crippen molar-refractivity contribution in [2.45, 2.75) is 143 Å². The molecule has 72 heavy (non-hydrogen) atoms. The first kappa shape index (κ1) is 52.3. The van der Waals surface area contributed by atoms with Gasteiger partial charge in [-0.2, -0.15) is 12.1 Å². The molecule has 3 aromatic heterocycles. The van der Waals surface area contributed by atoms with Crippen LogP contribution in [0.4, 0.5) is 0 Å². The average molecular weight is 1130 g/mol. The van der Waals surface area contributed by atoms with Gasteiger partial charge in [0, 0.05) is 55.9 Å². The molecule has 9 aromatic rings. The number of hydrogen-bond donors (Lipinski definition) is 0. The smallest absolute Gasteiger partial charge is 0.267 e. The number of fused-ring (bicyclic) bond motifs is 3. The Kier molecular flexibility index (Phi) is 13.6. The van der Waals surface area contributed by atoms with Crippen molar-refractivity contribution in [3.8, 4) is 28.7 Å². The molecule has 5 nitrogen and oxygen atoms in total. The summed E-state index contributed by atoms with van der Waals surface area (Å²) in [5.41, 5.74) is 12.5. The fraction of sp³-hybridized carbons (Fsp3) is 0.333. The predicted molar refractivity (Wildman–Crippen MR) is 294 cm³/mol. The molecule has 0 aliphatic carbocycles. The van der Waals surface area contributed by atoms with Gasteiger partial charge in [0.05, 0.1) is 11.4 Å². The summed E-state index contributed by atoms with van der Waals surface area (Å²) in [7, 11) is 0. The summed E-state index contributed by atoms with van der Waals surface area (Å²) in [5.74, 6) is 2.04. The van der Waals surface area contributed by atoms with Gasteiger partial charge in [0.2, 0.25) is 0 Å². The van der Waals surface area contributed by atoms with E-state index in [2.05, 4.69) is 277 Å². The molecule has 0 amide bonds. The first-order chi connectivity index (χ1) is 33.2. The Labute approximate surface area is 444 Å². The average Bonchev–Trinajstić information content (AvgIpc) is 3.92. The van der Waals surface area contributed by atoms with Crippen LogP contribution in [0.2, 0.25) is 0 Å². The van der Waals surface area contributed by atoms with E-state index >= 15 is 0 Å². The zero-order valence-corrected chi connectivity index (χ0v) is 47.6. The van der Waals surface area contributed by atoms with Gasteiger partial charge in [-0.15, -0.1) is 35.2 Å². The van der Waals surface area contributed by atoms with Gasteiger partial charge in [0.25, 0.3) is 6.33 Å². The van der Waals surface area contributed by atoms with E-state index in [-0.39, 0.29) is 53.6 Å². The number of imidazole rings is 1. The molecule has 0 atom stereocenters. The largest absolute Gasteiger partial charge is 0.510 e. The third-order valence-electron chi connectivity index (χ3n) is 14.6. The van der Waals surface area contributed by atoms with Crippen LogP contribution in [0, 0.1) is 18.5 Å². The summed E-state index contributed by atoms with van der Waals surface area (Å²) in [6, 6.07) is 55.9. The Morgan fingerprint density at radius 1 is 0.472 bits per heavy atom. The number of aromatic nitrogens is 4. The Morgan fingerprint density at radius 2 is 1.04 bits per heavy atom. The van der Waals surface area contributed by atoms with Gasteiger partial charge in [-0.25, -0.2) is 4.98 Å². The second-order valence-electron chi connectivity index (χ2n) is 24.8. The van der Waals surface area contributed by atoms with E-state index in [4.69, 9.17) is 9.72 Å². The van der Waals surface area contributed by atoms with E-state index in [0.717, 1.165) is 50.3 Å². The van der Waals surface area contributed by atoms with Crippen LogP contribution < -0.4 is 9.30 Å². The van der Waals surface area contributed by atoms with Crippen molar-refractivity contribution in [1.29, 1.82) is 0 Å². The quantitative estimate of drug-likeness (QED) is 0.107. The molecule has 0 aliphatic rings. The van der Waals surface area contributed by atoms with Crippen LogP contribution in [-0.2, 0) is 53.6 Å². The van der Waals surface area contributed by atoms with E-state index < -0.39 is 0 Å². The van der Waals surface area contributed by atoms with Gasteiger partial charge < -0.3 is 13.9 Å². The van der Waals surface area contributed by atoms with Crippen LogP contribution in [0.5, 0.6) is 11.5 Å². The summed E-state index contributed by atoms with van der Waals surface area (Å²) in [6.07, 6.45) is 8.02. The first-order valence-electron chi connectivity index (χ1n) is 25.3. The standard InChI is InChI=1S/C66H72N4O.Pt/c1-61(2,3)46-27-30-57-56(38-46)55-29-28-53(41-58(55)70(57)60-39-47(31-32-67-60)62(4,5)6)71-54-37-50(66(15,16)45-25-21-18-22-26-45)36-52(40-54)69-43-68(42-59(69)64(10,11)12)51-34-48(63(7,8)9)33-49(35-51)65(13,14)44-23-19-17-20-24-44;/h17-39,42H,1-16H3;/q-2;. The molecule has 6 heteroatoms. The second-order valence-corrected chi connectivity index (χ2v) is 24.8. The van der Waals surface area contributed by atoms with Crippen LogP contribution in [0.25, 0.3) is 39.0 Å². The molecule has 0 unspecified atom stereocenters. The fourth-order valence-corrected chi connectivity index (χ4v) is 9.68. The minimum atomic E-state index is -0.387. The van der Waals surface area contributed by atoms with Crippen molar-refractivity contribution in [1.82, 2.24) is 14.1 Å². The van der Waals surface area contributed by atoms with E-state index in [0.29, 0.717) is 11.5 Å². The second kappa shape index (κ2) is 18.8. The molecule has 9 rings (SSSR count). The van der Waals surface area contributed by atoms with Crippen LogP contribution in [-0.4, -0.2) is 14.1 Å². The first-order valence-corrected chi connectivity index (χ1v) is 25.3. The number of nitrogens with zero attached hydrogens (tertiary/aromatic N) is 4. The monoisotopic (exact) mass is 1130 g/mol. The Hall–Kier alpha value is -6.03. The van der Waals surface area contributed by atoms with Crippen molar-refractivity contribution in [2.24, 2.45) is 0 Å². The molecular weight excluding hydrogens is 1060 g/mol. The number of hydrogen-bond acceptors (Lipinski definition) is 2. The molecule has 374 valence electrons. The summed E-state index contributed by atoms with van der Waals surface area (Å²) in [4.78, 5) is 4.98. The number of rotatable bonds is 9. The van der Waals surface area contributed by atoms with E-state index in [1.54, 1.807) is 0 Å². The Bertz CT molecular complexity index is 3420. The minimum Gasteiger partial charge on any atom is -0.510 e. The van der Waals surface area contributed by atoms with Gasteiger partial charge >= 0.3 is 0 Å². The normalized spacial score (nSPS) is 12.9. The molecule has 0 radical (unpaired) electrons. The van der Waals surface area contributed by atoms with Crippen molar-refractivity contribution < 1.29 is 30.4 Å². The maximum absolute atomic E-state index is 7.05. The van der Waals surface area contributed by atoms with Crippen LogP contribution in [0.3, 0.4) is 0 Å². The van der Waals surface area contributed by atoms with Gasteiger partial charge in [-0.3, -0.25) is 4.57 Å². The SMILES string of the molecule is CC(C)(C)c1cc(-[n+]2[c-]n(-c3[c-]c(Oc4[c-]c5c(cc4)c4cc(C(C)(C)C)ccc4n5-c4cc(C(C)(C)C)ccn4)cc(C(C)(C)c4ccccc4)c3)c(C(C)(C)C)c2)cc(C(C)(C)c2ccccc2)c1.[Pt]. The van der Waals surface area contributed by atoms with Gasteiger partial charge in [-0.05, 0) is 102 Å². The maximum atomic E-state index is 7.05. The Morgan fingerprint density at radius 3 is 1.62 bits per heavy atom. The van der Waals surface area contributed by atoms with Gasteiger partial charge in [0.1, 0.15) is 5.82 Å². The molecule has 0 bridgehead atoms. The number of pyridine rings is 1. The molecule has 0 saturated carbocycles. The number of benzene rings is 6. The molecular formula is C66H72N4OPt-2. The third kappa shape index (κ3) is 10.2. The number of ether oxygens (including phenoxy) is 1. The van der Waals surface area contributed by atoms with E-state index in [1.165, 1.54) is 33.4 Å². The van der Waals surface area contributed by atoms with Crippen LogP contribution >= 0.6 is 0 Å². The summed E-state index contributed by atoms with van der Waals surface area (Å²) in [6.45, 7) is 36.4. The van der Waals surface area contributed by atoms with Crippen LogP contribution in [0.15, 0.2) is 146 Å². The topological polar surface area (TPSA) is 35.9 Å². The van der Waals surface area contributed by atoms with Crippen LogP contribution in [0.1, 0.15) is 155 Å². The van der Waals surface area contributed by atoms with E-state index in [9.17, 15) is 0 Å². The molecule has 0 spiro atoms. The molecule has 0 N–H and O–H groups in total. The van der Waals surface area contributed by atoms with Crippen molar-refractivity contribution >= 4 is 21.8 Å². The third-order valence-corrected chi connectivity index (χ3v) is 14.6. The van der Waals surface area contributed by atoms with Gasteiger partial charge in [-0.1, -0.05) is 195 Å². The zero-order valence-electron chi connectivity index (χ0n) is 45.4. The summed E-state index contributed by atoms with van der Waals surface area (Å²) in [5, 5.41) is 2.26. The maximum Gasteiger partial charge on any atom is 0.267 e. The van der Waals surface area contributed by atoms with Crippen molar-refractivity contribution in [3.63, 3.8) is 0 Å². The molecule has 0 fully saturated rings.